The highest BCUT2D eigenvalue weighted by Gasteiger charge is 2.21. The molecule has 0 N–H and O–H groups in total. The second-order valence-electron chi connectivity index (χ2n) is 6.41. The molecule has 3 aromatic heterocycles. The summed E-state index contributed by atoms with van der Waals surface area (Å²) in [5, 5.41) is 13.8. The first-order valence-electron chi connectivity index (χ1n) is 8.92. The van der Waals surface area contributed by atoms with E-state index in [9.17, 15) is 4.79 Å². The lowest BCUT2D eigenvalue weighted by Crippen LogP contribution is -2.20. The minimum absolute atomic E-state index is 0.0868. The van der Waals surface area contributed by atoms with Gasteiger partial charge in [-0.3, -0.25) is 13.8 Å². The van der Waals surface area contributed by atoms with Crippen LogP contribution in [0, 0.1) is 0 Å². The maximum atomic E-state index is 12.5. The van der Waals surface area contributed by atoms with Gasteiger partial charge in [0.05, 0.1) is 16.2 Å². The van der Waals surface area contributed by atoms with Crippen LogP contribution in [-0.2, 0) is 13.5 Å². The van der Waals surface area contributed by atoms with E-state index < -0.39 is 0 Å². The topological polar surface area (TPSA) is 91.1 Å². The molecule has 0 bridgehead atoms. The molecule has 0 saturated carbocycles. The Hall–Kier alpha value is -2.68. The minimum Gasteiger partial charge on any atom is -0.338 e. The fourth-order valence-corrected chi connectivity index (χ4v) is 3.85. The number of aromatic nitrogens is 6. The van der Waals surface area contributed by atoms with Crippen molar-refractivity contribution in [3.63, 3.8) is 0 Å². The summed E-state index contributed by atoms with van der Waals surface area (Å²) in [6.07, 6.45) is 2.94. The van der Waals surface area contributed by atoms with Crippen LogP contribution in [0.15, 0.2) is 38.7 Å². The Balaban J connectivity index is 1.72. The van der Waals surface area contributed by atoms with Crippen molar-refractivity contribution in [1.29, 1.82) is 0 Å². The fourth-order valence-electron chi connectivity index (χ4n) is 2.97. The van der Waals surface area contributed by atoms with Crippen LogP contribution in [0.2, 0.25) is 0 Å². The largest absolute Gasteiger partial charge is 0.338 e. The van der Waals surface area contributed by atoms with Crippen molar-refractivity contribution in [2.75, 3.05) is 0 Å². The minimum atomic E-state index is -0.0902. The molecule has 1 aromatic carbocycles. The molecule has 8 nitrogen and oxygen atoms in total. The molecule has 1 atom stereocenters. The van der Waals surface area contributed by atoms with Crippen molar-refractivity contribution < 1.29 is 4.52 Å². The summed E-state index contributed by atoms with van der Waals surface area (Å²) in [6, 6.07) is 7.47. The third-order valence-corrected chi connectivity index (χ3v) is 5.49. The molecule has 0 spiro atoms. The monoisotopic (exact) mass is 384 g/mol. The van der Waals surface area contributed by atoms with E-state index in [0.29, 0.717) is 22.2 Å². The van der Waals surface area contributed by atoms with Gasteiger partial charge in [-0.15, -0.1) is 10.2 Å². The Morgan fingerprint density at radius 2 is 2.07 bits per heavy atom. The number of hydrogen-bond acceptors (Lipinski definition) is 7. The summed E-state index contributed by atoms with van der Waals surface area (Å²) >= 11 is 1.48. The second kappa shape index (κ2) is 7.15. The summed E-state index contributed by atoms with van der Waals surface area (Å²) in [4.78, 5) is 17.0. The van der Waals surface area contributed by atoms with Gasteiger partial charge in [-0.2, -0.15) is 4.98 Å². The maximum Gasteiger partial charge on any atom is 0.262 e. The van der Waals surface area contributed by atoms with Crippen LogP contribution in [0.5, 0.6) is 0 Å². The third-order valence-electron chi connectivity index (χ3n) is 4.46. The van der Waals surface area contributed by atoms with Gasteiger partial charge in [-0.05, 0) is 25.5 Å². The van der Waals surface area contributed by atoms with Gasteiger partial charge in [0.1, 0.15) is 0 Å². The molecule has 4 aromatic rings. The predicted molar refractivity (Wildman–Crippen MR) is 103 cm³/mol. The molecular formula is C18H20N6O2S. The number of para-hydroxylation sites is 1. The second-order valence-corrected chi connectivity index (χ2v) is 7.72. The Morgan fingerprint density at radius 3 is 2.89 bits per heavy atom. The van der Waals surface area contributed by atoms with E-state index in [4.69, 9.17) is 4.52 Å². The van der Waals surface area contributed by atoms with Crippen LogP contribution in [0.1, 0.15) is 43.7 Å². The quantitative estimate of drug-likeness (QED) is 0.472. The first-order valence-corrected chi connectivity index (χ1v) is 9.80. The Labute approximate surface area is 159 Å². The molecule has 0 amide bonds. The van der Waals surface area contributed by atoms with Crippen molar-refractivity contribution in [2.24, 2.45) is 7.05 Å². The van der Waals surface area contributed by atoms with Crippen LogP contribution in [0.3, 0.4) is 0 Å². The number of hydrogen-bond donors (Lipinski definition) is 0. The molecule has 27 heavy (non-hydrogen) atoms. The highest BCUT2D eigenvalue weighted by Crippen LogP contribution is 2.33. The Bertz CT molecular complexity index is 1160. The van der Waals surface area contributed by atoms with Crippen LogP contribution >= 0.6 is 11.8 Å². The standard InChI is InChI=1S/C18H20N6O2S/c1-4-5-10-14-19-15(26-22-14)11(2)27-18-21-20-17-23(3)16(25)12-8-6-7-9-13(12)24(17)18/h6-9,11H,4-5,10H2,1-3H3. The lowest BCUT2D eigenvalue weighted by atomic mass is 10.2. The van der Waals surface area contributed by atoms with Crippen molar-refractivity contribution in [1.82, 2.24) is 29.3 Å². The van der Waals surface area contributed by atoms with Gasteiger partial charge < -0.3 is 4.52 Å². The summed E-state index contributed by atoms with van der Waals surface area (Å²) in [5.74, 6) is 1.80. The van der Waals surface area contributed by atoms with Crippen LogP contribution in [-0.4, -0.2) is 29.3 Å². The SMILES string of the molecule is CCCCc1noc(C(C)Sc2nnc3n(C)c(=O)c4ccccc4n23)n1. The summed E-state index contributed by atoms with van der Waals surface area (Å²) in [7, 11) is 1.70. The predicted octanol–water partition coefficient (Wildman–Crippen LogP) is 3.16. The van der Waals surface area contributed by atoms with Crippen LogP contribution < -0.4 is 5.56 Å². The lowest BCUT2D eigenvalue weighted by molar-refractivity contribution is 0.374. The van der Waals surface area contributed by atoms with Crippen molar-refractivity contribution in [2.45, 2.75) is 43.5 Å². The molecule has 0 aliphatic carbocycles. The average Bonchev–Trinajstić information content (AvgIpc) is 3.32. The molecule has 1 unspecified atom stereocenters. The zero-order valence-corrected chi connectivity index (χ0v) is 16.2. The maximum absolute atomic E-state index is 12.5. The Kier molecular flexibility index (Phi) is 4.69. The molecule has 9 heteroatoms. The molecule has 0 aliphatic heterocycles. The van der Waals surface area contributed by atoms with E-state index >= 15 is 0 Å². The fraction of sp³-hybridized carbons (Fsp3) is 0.389. The molecule has 4 rings (SSSR count). The van der Waals surface area contributed by atoms with Gasteiger partial charge in [0.15, 0.2) is 11.0 Å². The average molecular weight is 384 g/mol. The van der Waals surface area contributed by atoms with Gasteiger partial charge in [-0.25, -0.2) is 0 Å². The van der Waals surface area contributed by atoms with Crippen molar-refractivity contribution >= 4 is 28.4 Å². The van der Waals surface area contributed by atoms with Crippen molar-refractivity contribution in [3.05, 3.63) is 46.3 Å². The van der Waals surface area contributed by atoms with Gasteiger partial charge in [-0.1, -0.05) is 42.4 Å². The number of nitrogens with zero attached hydrogens (tertiary/aromatic N) is 6. The smallest absolute Gasteiger partial charge is 0.262 e. The first kappa shape index (κ1) is 17.7. The van der Waals surface area contributed by atoms with E-state index in [2.05, 4.69) is 27.3 Å². The molecule has 3 heterocycles. The summed E-state index contributed by atoms with van der Waals surface area (Å²) in [5.41, 5.74) is 0.692. The van der Waals surface area contributed by atoms with Gasteiger partial charge in [0.2, 0.25) is 11.7 Å². The van der Waals surface area contributed by atoms with Crippen molar-refractivity contribution in [3.8, 4) is 0 Å². The number of benzene rings is 1. The van der Waals surface area contributed by atoms with E-state index in [1.165, 1.54) is 16.3 Å². The summed E-state index contributed by atoms with van der Waals surface area (Å²) < 4.78 is 8.83. The molecule has 0 radical (unpaired) electrons. The molecule has 0 saturated heterocycles. The summed E-state index contributed by atoms with van der Waals surface area (Å²) in [6.45, 7) is 4.13. The van der Waals surface area contributed by atoms with E-state index in [1.807, 2.05) is 35.6 Å². The van der Waals surface area contributed by atoms with Crippen LogP contribution in [0.25, 0.3) is 16.7 Å². The van der Waals surface area contributed by atoms with E-state index in [1.54, 1.807) is 7.05 Å². The Morgan fingerprint density at radius 1 is 1.26 bits per heavy atom. The normalized spacial score (nSPS) is 12.9. The van der Waals surface area contributed by atoms with Gasteiger partial charge in [0.25, 0.3) is 5.56 Å². The number of fused-ring (bicyclic) bond motifs is 3. The number of thioether (sulfide) groups is 1. The van der Waals surface area contributed by atoms with Gasteiger partial charge >= 0.3 is 0 Å². The third kappa shape index (κ3) is 3.12. The highest BCUT2D eigenvalue weighted by atomic mass is 32.2. The molecule has 0 fully saturated rings. The molecule has 140 valence electrons. The zero-order valence-electron chi connectivity index (χ0n) is 15.4. The highest BCUT2D eigenvalue weighted by molar-refractivity contribution is 7.99. The molecule has 0 aliphatic rings. The molecular weight excluding hydrogens is 364 g/mol. The van der Waals surface area contributed by atoms with E-state index in [0.717, 1.165) is 30.6 Å². The van der Waals surface area contributed by atoms with E-state index in [-0.39, 0.29) is 10.8 Å². The zero-order chi connectivity index (χ0) is 19.0. The number of rotatable bonds is 6. The lowest BCUT2D eigenvalue weighted by Gasteiger charge is -2.09. The van der Waals surface area contributed by atoms with Gasteiger partial charge in [0, 0.05) is 13.5 Å². The van der Waals surface area contributed by atoms with Crippen LogP contribution in [0.4, 0.5) is 0 Å². The number of unbranched alkanes of at least 4 members (excludes halogenated alkanes) is 1. The number of aryl methyl sites for hydroxylation is 2. The first-order chi connectivity index (χ1) is 13.1.